The highest BCUT2D eigenvalue weighted by molar-refractivity contribution is 9.10. The third-order valence-electron chi connectivity index (χ3n) is 5.18. The molecule has 0 atom stereocenters. The maximum atomic E-state index is 12.7. The van der Waals surface area contributed by atoms with Gasteiger partial charge in [-0.25, -0.2) is 0 Å². The topological polar surface area (TPSA) is 83.4 Å². The van der Waals surface area contributed by atoms with Crippen molar-refractivity contribution in [2.45, 2.75) is 5.16 Å². The fraction of sp³-hybridized carbons (Fsp3) is 0.273. The predicted octanol–water partition coefficient (Wildman–Crippen LogP) is 3.27. The maximum Gasteiger partial charge on any atom is 0.253 e. The molecular formula is C22H23BrN6O2S. The van der Waals surface area contributed by atoms with Crippen LogP contribution in [0.5, 0.6) is 0 Å². The Morgan fingerprint density at radius 2 is 1.72 bits per heavy atom. The quantitative estimate of drug-likeness (QED) is 0.508. The van der Waals surface area contributed by atoms with Crippen molar-refractivity contribution in [2.24, 2.45) is 7.05 Å². The molecule has 166 valence electrons. The molecule has 0 spiro atoms. The van der Waals surface area contributed by atoms with Crippen molar-refractivity contribution in [3.63, 3.8) is 0 Å². The second-order valence-corrected chi connectivity index (χ2v) is 9.25. The average molecular weight is 515 g/mol. The first-order valence-corrected chi connectivity index (χ1v) is 11.9. The van der Waals surface area contributed by atoms with E-state index < -0.39 is 0 Å². The predicted molar refractivity (Wildman–Crippen MR) is 129 cm³/mol. The van der Waals surface area contributed by atoms with Gasteiger partial charge in [-0.15, -0.1) is 10.2 Å². The second-order valence-electron chi connectivity index (χ2n) is 7.39. The SMILES string of the molecule is Cn1cnnc1SCC(=O)Nc1ccc(N2CCN(C(=O)c3ccc(Br)cc3)CC2)cc1. The Labute approximate surface area is 199 Å². The highest BCUT2D eigenvalue weighted by Crippen LogP contribution is 2.21. The molecular weight excluding hydrogens is 492 g/mol. The first kappa shape index (κ1) is 22.3. The molecule has 1 aliphatic rings. The Morgan fingerprint density at radius 3 is 2.34 bits per heavy atom. The molecule has 0 unspecified atom stereocenters. The molecule has 1 N–H and O–H groups in total. The monoisotopic (exact) mass is 514 g/mol. The number of benzene rings is 2. The normalized spacial score (nSPS) is 13.8. The zero-order valence-corrected chi connectivity index (χ0v) is 20.0. The van der Waals surface area contributed by atoms with Gasteiger partial charge in [0.25, 0.3) is 5.91 Å². The van der Waals surface area contributed by atoms with Crippen LogP contribution in [0.1, 0.15) is 10.4 Å². The number of hydrogen-bond donors (Lipinski definition) is 1. The van der Waals surface area contributed by atoms with Gasteiger partial charge in [0.2, 0.25) is 5.91 Å². The third kappa shape index (κ3) is 5.49. The first-order valence-electron chi connectivity index (χ1n) is 10.2. The standard InChI is InChI=1S/C22H23BrN6O2S/c1-27-15-24-26-22(27)32-14-20(30)25-18-6-8-19(9-7-18)28-10-12-29(13-11-28)21(31)16-2-4-17(23)5-3-16/h2-9,15H,10-14H2,1H3,(H,25,30). The fourth-order valence-corrected chi connectivity index (χ4v) is 4.38. The third-order valence-corrected chi connectivity index (χ3v) is 6.74. The number of aromatic nitrogens is 3. The van der Waals surface area contributed by atoms with Crippen LogP contribution in [0.2, 0.25) is 0 Å². The molecule has 1 aromatic heterocycles. The number of carbonyl (C=O) groups is 2. The Bertz CT molecular complexity index is 1080. The van der Waals surface area contributed by atoms with E-state index in [4.69, 9.17) is 0 Å². The molecule has 2 amide bonds. The van der Waals surface area contributed by atoms with Gasteiger partial charge in [-0.2, -0.15) is 0 Å². The number of anilines is 2. The molecule has 8 nitrogen and oxygen atoms in total. The van der Waals surface area contributed by atoms with Crippen LogP contribution in [0.3, 0.4) is 0 Å². The molecule has 0 bridgehead atoms. The van der Waals surface area contributed by atoms with Gasteiger partial charge in [0.1, 0.15) is 6.33 Å². The van der Waals surface area contributed by atoms with Gasteiger partial charge in [-0.3, -0.25) is 9.59 Å². The van der Waals surface area contributed by atoms with E-state index in [-0.39, 0.29) is 17.6 Å². The minimum atomic E-state index is -0.0918. The summed E-state index contributed by atoms with van der Waals surface area (Å²) in [6, 6.07) is 15.3. The van der Waals surface area contributed by atoms with Crippen molar-refractivity contribution < 1.29 is 9.59 Å². The van der Waals surface area contributed by atoms with Gasteiger partial charge >= 0.3 is 0 Å². The number of hydrogen-bond acceptors (Lipinski definition) is 6. The lowest BCUT2D eigenvalue weighted by Gasteiger charge is -2.36. The number of halogens is 1. The van der Waals surface area contributed by atoms with Gasteiger partial charge in [0, 0.05) is 54.6 Å². The summed E-state index contributed by atoms with van der Waals surface area (Å²) in [5.74, 6) is 0.239. The zero-order chi connectivity index (χ0) is 22.5. The number of thioether (sulfide) groups is 1. The van der Waals surface area contributed by atoms with Crippen LogP contribution in [0.15, 0.2) is 64.5 Å². The fourth-order valence-electron chi connectivity index (χ4n) is 3.43. The summed E-state index contributed by atoms with van der Waals surface area (Å²) in [4.78, 5) is 29.0. The summed E-state index contributed by atoms with van der Waals surface area (Å²) < 4.78 is 2.74. The van der Waals surface area contributed by atoms with Crippen molar-refractivity contribution in [3.05, 3.63) is 64.9 Å². The molecule has 2 heterocycles. The van der Waals surface area contributed by atoms with Crippen molar-refractivity contribution >= 4 is 50.9 Å². The van der Waals surface area contributed by atoms with Crippen LogP contribution in [0.25, 0.3) is 0 Å². The molecule has 32 heavy (non-hydrogen) atoms. The number of nitrogens with zero attached hydrogens (tertiary/aromatic N) is 5. The molecule has 2 aromatic carbocycles. The van der Waals surface area contributed by atoms with Crippen molar-refractivity contribution in [2.75, 3.05) is 42.1 Å². The largest absolute Gasteiger partial charge is 0.368 e. The van der Waals surface area contributed by atoms with E-state index in [2.05, 4.69) is 36.3 Å². The summed E-state index contributed by atoms with van der Waals surface area (Å²) in [5.41, 5.74) is 2.53. The smallest absolute Gasteiger partial charge is 0.253 e. The number of nitrogens with one attached hydrogen (secondary N) is 1. The van der Waals surface area contributed by atoms with Crippen LogP contribution in [-0.2, 0) is 11.8 Å². The molecule has 0 radical (unpaired) electrons. The van der Waals surface area contributed by atoms with E-state index in [1.807, 2.05) is 60.5 Å². The summed E-state index contributed by atoms with van der Waals surface area (Å²) in [7, 11) is 1.84. The number of rotatable bonds is 6. The average Bonchev–Trinajstić information content (AvgIpc) is 3.23. The van der Waals surface area contributed by atoms with Crippen molar-refractivity contribution in [1.29, 1.82) is 0 Å². The van der Waals surface area contributed by atoms with Crippen LogP contribution in [0, 0.1) is 0 Å². The molecule has 0 aliphatic carbocycles. The molecule has 3 aromatic rings. The van der Waals surface area contributed by atoms with E-state index in [9.17, 15) is 9.59 Å². The Kier molecular flexibility index (Phi) is 7.11. The summed E-state index contributed by atoms with van der Waals surface area (Å²) in [5, 5.41) is 11.4. The molecule has 10 heteroatoms. The second kappa shape index (κ2) is 10.2. The molecule has 4 rings (SSSR count). The van der Waals surface area contributed by atoms with E-state index in [0.29, 0.717) is 23.8 Å². The van der Waals surface area contributed by atoms with E-state index in [1.54, 1.807) is 10.9 Å². The highest BCUT2D eigenvalue weighted by Gasteiger charge is 2.22. The van der Waals surface area contributed by atoms with Gasteiger partial charge in [0.05, 0.1) is 5.75 Å². The number of amides is 2. The minimum Gasteiger partial charge on any atom is -0.368 e. The Morgan fingerprint density at radius 1 is 1.03 bits per heavy atom. The molecule has 1 aliphatic heterocycles. The molecule has 1 saturated heterocycles. The van der Waals surface area contributed by atoms with Gasteiger partial charge in [0.15, 0.2) is 5.16 Å². The summed E-state index contributed by atoms with van der Waals surface area (Å²) in [6.07, 6.45) is 1.61. The maximum absolute atomic E-state index is 12.7. The van der Waals surface area contributed by atoms with Crippen LogP contribution < -0.4 is 10.2 Å². The lowest BCUT2D eigenvalue weighted by atomic mass is 10.1. The molecule has 0 saturated carbocycles. The first-order chi connectivity index (χ1) is 15.5. The van der Waals surface area contributed by atoms with E-state index in [0.717, 1.165) is 28.9 Å². The lowest BCUT2D eigenvalue weighted by molar-refractivity contribution is -0.113. The number of carbonyl (C=O) groups excluding carboxylic acids is 2. The Balaban J connectivity index is 1.26. The lowest BCUT2D eigenvalue weighted by Crippen LogP contribution is -2.48. The minimum absolute atomic E-state index is 0.0643. The zero-order valence-electron chi connectivity index (χ0n) is 17.6. The van der Waals surface area contributed by atoms with E-state index >= 15 is 0 Å². The van der Waals surface area contributed by atoms with Gasteiger partial charge < -0.3 is 19.7 Å². The number of piperazine rings is 1. The van der Waals surface area contributed by atoms with Gasteiger partial charge in [-0.1, -0.05) is 27.7 Å². The van der Waals surface area contributed by atoms with E-state index in [1.165, 1.54) is 11.8 Å². The van der Waals surface area contributed by atoms with Crippen molar-refractivity contribution in [3.8, 4) is 0 Å². The summed E-state index contributed by atoms with van der Waals surface area (Å²) >= 11 is 4.74. The Hall–Kier alpha value is -2.85. The number of aryl methyl sites for hydroxylation is 1. The van der Waals surface area contributed by atoms with Crippen LogP contribution in [-0.4, -0.2) is 63.4 Å². The summed E-state index contributed by atoms with van der Waals surface area (Å²) in [6.45, 7) is 2.88. The highest BCUT2D eigenvalue weighted by atomic mass is 79.9. The van der Waals surface area contributed by atoms with Crippen LogP contribution in [0.4, 0.5) is 11.4 Å². The van der Waals surface area contributed by atoms with Crippen molar-refractivity contribution in [1.82, 2.24) is 19.7 Å². The van der Waals surface area contributed by atoms with Crippen LogP contribution >= 0.6 is 27.7 Å². The van der Waals surface area contributed by atoms with Gasteiger partial charge in [-0.05, 0) is 48.5 Å². The molecule has 1 fully saturated rings.